The topological polar surface area (TPSA) is 49.3 Å². The SMILES string of the molecule is CC(CCCO)NC(=O)C1CC1. The van der Waals surface area contributed by atoms with E-state index in [-0.39, 0.29) is 18.6 Å². The summed E-state index contributed by atoms with van der Waals surface area (Å²) in [7, 11) is 0. The van der Waals surface area contributed by atoms with Gasteiger partial charge in [-0.05, 0) is 32.6 Å². The second-order valence-electron chi connectivity index (χ2n) is 3.55. The zero-order valence-electron chi connectivity index (χ0n) is 7.55. The number of aliphatic hydroxyl groups excluding tert-OH is 1. The van der Waals surface area contributed by atoms with Crippen molar-refractivity contribution in [2.75, 3.05) is 6.61 Å². The fourth-order valence-electron chi connectivity index (χ4n) is 1.18. The van der Waals surface area contributed by atoms with Crippen LogP contribution in [0.15, 0.2) is 0 Å². The Morgan fingerprint density at radius 2 is 2.33 bits per heavy atom. The van der Waals surface area contributed by atoms with Crippen LogP contribution in [0.1, 0.15) is 32.6 Å². The molecule has 1 aliphatic carbocycles. The number of aliphatic hydroxyl groups is 1. The molecule has 0 radical (unpaired) electrons. The van der Waals surface area contributed by atoms with E-state index in [1.165, 1.54) is 0 Å². The highest BCUT2D eigenvalue weighted by atomic mass is 16.2. The number of amides is 1. The zero-order valence-corrected chi connectivity index (χ0v) is 7.55. The van der Waals surface area contributed by atoms with Gasteiger partial charge in [0.15, 0.2) is 0 Å². The average Bonchev–Trinajstić information content (AvgIpc) is 2.82. The maximum absolute atomic E-state index is 11.2. The first-order chi connectivity index (χ1) is 5.74. The molecule has 0 aromatic heterocycles. The lowest BCUT2D eigenvalue weighted by molar-refractivity contribution is -0.122. The van der Waals surface area contributed by atoms with E-state index in [4.69, 9.17) is 5.11 Å². The van der Waals surface area contributed by atoms with Crippen LogP contribution in [0.5, 0.6) is 0 Å². The van der Waals surface area contributed by atoms with Crippen LogP contribution >= 0.6 is 0 Å². The molecule has 70 valence electrons. The lowest BCUT2D eigenvalue weighted by Gasteiger charge is -2.12. The zero-order chi connectivity index (χ0) is 8.97. The van der Waals surface area contributed by atoms with E-state index >= 15 is 0 Å². The Morgan fingerprint density at radius 1 is 1.67 bits per heavy atom. The average molecular weight is 171 g/mol. The molecular weight excluding hydrogens is 154 g/mol. The summed E-state index contributed by atoms with van der Waals surface area (Å²) in [6.07, 6.45) is 3.75. The second kappa shape index (κ2) is 4.45. The quantitative estimate of drug-likeness (QED) is 0.639. The Labute approximate surface area is 73.2 Å². The van der Waals surface area contributed by atoms with Gasteiger partial charge in [0, 0.05) is 18.6 Å². The molecule has 0 heterocycles. The molecule has 1 aliphatic rings. The van der Waals surface area contributed by atoms with E-state index in [0.717, 1.165) is 25.7 Å². The molecule has 1 saturated carbocycles. The Kier molecular flexibility index (Phi) is 3.53. The lowest BCUT2D eigenvalue weighted by atomic mass is 10.2. The third-order valence-corrected chi connectivity index (χ3v) is 2.13. The molecule has 0 bridgehead atoms. The van der Waals surface area contributed by atoms with Gasteiger partial charge in [-0.25, -0.2) is 0 Å². The van der Waals surface area contributed by atoms with Crippen molar-refractivity contribution in [2.24, 2.45) is 5.92 Å². The molecule has 0 aliphatic heterocycles. The van der Waals surface area contributed by atoms with Crippen molar-refractivity contribution in [3.05, 3.63) is 0 Å². The van der Waals surface area contributed by atoms with E-state index in [1.54, 1.807) is 0 Å². The summed E-state index contributed by atoms with van der Waals surface area (Å²) in [6.45, 7) is 2.19. The Bertz CT molecular complexity index is 155. The van der Waals surface area contributed by atoms with E-state index in [1.807, 2.05) is 6.92 Å². The normalized spacial score (nSPS) is 18.8. The third-order valence-electron chi connectivity index (χ3n) is 2.13. The molecule has 0 aromatic carbocycles. The molecule has 12 heavy (non-hydrogen) atoms. The Morgan fingerprint density at radius 3 is 2.83 bits per heavy atom. The maximum Gasteiger partial charge on any atom is 0.223 e. The van der Waals surface area contributed by atoms with E-state index in [2.05, 4.69) is 5.32 Å². The van der Waals surface area contributed by atoms with Crippen molar-refractivity contribution in [3.8, 4) is 0 Å². The highest BCUT2D eigenvalue weighted by molar-refractivity contribution is 5.81. The highest BCUT2D eigenvalue weighted by Crippen LogP contribution is 2.28. The molecule has 0 aromatic rings. The largest absolute Gasteiger partial charge is 0.396 e. The van der Waals surface area contributed by atoms with E-state index in [0.29, 0.717) is 5.92 Å². The first kappa shape index (κ1) is 9.52. The summed E-state index contributed by atoms with van der Waals surface area (Å²) in [5, 5.41) is 11.5. The maximum atomic E-state index is 11.2. The molecule has 1 fully saturated rings. The number of nitrogens with one attached hydrogen (secondary N) is 1. The van der Waals surface area contributed by atoms with Gasteiger partial charge in [0.05, 0.1) is 0 Å². The first-order valence-corrected chi connectivity index (χ1v) is 4.65. The second-order valence-corrected chi connectivity index (χ2v) is 3.55. The van der Waals surface area contributed by atoms with Crippen LogP contribution in [0.3, 0.4) is 0 Å². The van der Waals surface area contributed by atoms with Crippen LogP contribution in [0.4, 0.5) is 0 Å². The van der Waals surface area contributed by atoms with Crippen molar-refractivity contribution in [3.63, 3.8) is 0 Å². The number of carbonyl (C=O) groups is 1. The third kappa shape index (κ3) is 3.22. The van der Waals surface area contributed by atoms with Gasteiger partial charge in [-0.1, -0.05) is 0 Å². The van der Waals surface area contributed by atoms with Crippen LogP contribution in [0.2, 0.25) is 0 Å². The van der Waals surface area contributed by atoms with Crippen LogP contribution in [-0.2, 0) is 4.79 Å². The molecule has 3 nitrogen and oxygen atoms in total. The summed E-state index contributed by atoms with van der Waals surface area (Å²) in [6, 6.07) is 0.213. The van der Waals surface area contributed by atoms with Gasteiger partial charge in [-0.3, -0.25) is 4.79 Å². The molecule has 1 amide bonds. The lowest BCUT2D eigenvalue weighted by Crippen LogP contribution is -2.33. The molecule has 0 spiro atoms. The minimum Gasteiger partial charge on any atom is -0.396 e. The molecule has 1 atom stereocenters. The van der Waals surface area contributed by atoms with Gasteiger partial charge in [0.25, 0.3) is 0 Å². The van der Waals surface area contributed by atoms with Crippen molar-refractivity contribution in [1.82, 2.24) is 5.32 Å². The Balaban J connectivity index is 2.07. The standard InChI is InChI=1S/C9H17NO2/c1-7(3-2-6-11)10-9(12)8-4-5-8/h7-8,11H,2-6H2,1H3,(H,10,12). The molecule has 2 N–H and O–H groups in total. The van der Waals surface area contributed by atoms with E-state index in [9.17, 15) is 4.79 Å². The number of rotatable bonds is 5. The van der Waals surface area contributed by atoms with Gasteiger partial charge in [0.2, 0.25) is 5.91 Å². The fraction of sp³-hybridized carbons (Fsp3) is 0.889. The number of hydrogen-bond donors (Lipinski definition) is 2. The first-order valence-electron chi connectivity index (χ1n) is 4.65. The van der Waals surface area contributed by atoms with Gasteiger partial charge >= 0.3 is 0 Å². The van der Waals surface area contributed by atoms with Gasteiger partial charge in [0.1, 0.15) is 0 Å². The minimum atomic E-state index is 0.195. The minimum absolute atomic E-state index is 0.195. The molecular formula is C9H17NO2. The monoisotopic (exact) mass is 171 g/mol. The summed E-state index contributed by atoms with van der Waals surface area (Å²) in [4.78, 5) is 11.2. The Hall–Kier alpha value is -0.570. The fourth-order valence-corrected chi connectivity index (χ4v) is 1.18. The predicted octanol–water partition coefficient (Wildman–Crippen LogP) is 0.674. The summed E-state index contributed by atoms with van der Waals surface area (Å²) < 4.78 is 0. The molecule has 1 unspecified atom stereocenters. The predicted molar refractivity (Wildman–Crippen MR) is 46.6 cm³/mol. The van der Waals surface area contributed by atoms with Crippen molar-refractivity contribution in [1.29, 1.82) is 0 Å². The number of hydrogen-bond acceptors (Lipinski definition) is 2. The summed E-state index contributed by atoms with van der Waals surface area (Å²) >= 11 is 0. The van der Waals surface area contributed by atoms with Crippen molar-refractivity contribution in [2.45, 2.75) is 38.6 Å². The van der Waals surface area contributed by atoms with Crippen LogP contribution < -0.4 is 5.32 Å². The highest BCUT2D eigenvalue weighted by Gasteiger charge is 2.29. The van der Waals surface area contributed by atoms with Crippen molar-refractivity contribution >= 4 is 5.91 Å². The van der Waals surface area contributed by atoms with Crippen molar-refractivity contribution < 1.29 is 9.90 Å². The molecule has 3 heteroatoms. The molecule has 1 rings (SSSR count). The smallest absolute Gasteiger partial charge is 0.223 e. The molecule has 0 saturated heterocycles. The van der Waals surface area contributed by atoms with E-state index < -0.39 is 0 Å². The van der Waals surface area contributed by atoms with Gasteiger partial charge in [-0.15, -0.1) is 0 Å². The van der Waals surface area contributed by atoms with Crippen LogP contribution in [0.25, 0.3) is 0 Å². The summed E-state index contributed by atoms with van der Waals surface area (Å²) in [5.41, 5.74) is 0. The number of carbonyl (C=O) groups excluding carboxylic acids is 1. The van der Waals surface area contributed by atoms with Gasteiger partial charge in [-0.2, -0.15) is 0 Å². The summed E-state index contributed by atoms with van der Waals surface area (Å²) in [5.74, 6) is 0.488. The van der Waals surface area contributed by atoms with Gasteiger partial charge < -0.3 is 10.4 Å². The van der Waals surface area contributed by atoms with Crippen LogP contribution in [-0.4, -0.2) is 23.7 Å². The van der Waals surface area contributed by atoms with Crippen LogP contribution in [0, 0.1) is 5.92 Å².